The van der Waals surface area contributed by atoms with Gasteiger partial charge in [0.05, 0.1) is 0 Å². The molecule has 0 bridgehead atoms. The minimum atomic E-state index is 0.735. The third-order valence-corrected chi connectivity index (χ3v) is 23.3. The molecule has 3 heterocycles. The fourth-order valence-corrected chi connectivity index (χ4v) is 24.4. The molecule has 0 saturated heterocycles. The van der Waals surface area contributed by atoms with Crippen LogP contribution in [0.1, 0.15) is 0 Å². The van der Waals surface area contributed by atoms with E-state index in [-0.39, 0.29) is 0 Å². The average molecular weight is 608 g/mol. The maximum atomic E-state index is 2.54. The van der Waals surface area contributed by atoms with Crippen LogP contribution in [0.4, 0.5) is 0 Å². The van der Waals surface area contributed by atoms with Gasteiger partial charge in [-0.1, -0.05) is 0 Å². The summed E-state index contributed by atoms with van der Waals surface area (Å²) in [6, 6.07) is 0. The van der Waals surface area contributed by atoms with Crippen LogP contribution in [0.3, 0.4) is 0 Å². The molecule has 80 valence electrons. The Hall–Kier alpha value is 2.73. The summed E-state index contributed by atoms with van der Waals surface area (Å²) in [5.41, 5.74) is 0. The zero-order chi connectivity index (χ0) is 10.3. The standard InChI is InChI=1S/C8H5IS2Se4/c9-4-3-12-7(13-4)8-14-5-6(15-8)11-2-1-10-5/h3H,1-2H2. The fraction of sp³-hybridized carbons (Fsp3) is 0.250. The zero-order valence-electron chi connectivity index (χ0n) is 7.32. The molecule has 0 aromatic heterocycles. The molecule has 0 saturated carbocycles. The molecule has 15 heavy (non-hydrogen) atoms. The van der Waals surface area contributed by atoms with Crippen molar-refractivity contribution < 1.29 is 0 Å². The molecule has 0 unspecified atom stereocenters. The molecule has 3 rings (SSSR count). The Morgan fingerprint density at radius 2 is 1.67 bits per heavy atom. The molecular formula is C8H5IS2Se4. The van der Waals surface area contributed by atoms with E-state index >= 15 is 0 Å². The predicted octanol–water partition coefficient (Wildman–Crippen LogP) is 1.80. The van der Waals surface area contributed by atoms with Gasteiger partial charge in [0.15, 0.2) is 0 Å². The molecule has 3 aliphatic rings. The second-order valence-electron chi connectivity index (χ2n) is 2.69. The second-order valence-corrected chi connectivity index (χ2v) is 19.8. The van der Waals surface area contributed by atoms with Crippen molar-refractivity contribution >= 4 is 106 Å². The van der Waals surface area contributed by atoms with E-state index in [1.807, 2.05) is 6.74 Å². The van der Waals surface area contributed by atoms with Gasteiger partial charge in [0.2, 0.25) is 0 Å². The number of halogens is 1. The van der Waals surface area contributed by atoms with Crippen molar-refractivity contribution in [1.29, 1.82) is 0 Å². The Morgan fingerprint density at radius 3 is 2.20 bits per heavy atom. The van der Waals surface area contributed by atoms with Crippen LogP contribution in [0.25, 0.3) is 0 Å². The normalized spacial score (nSPS) is 26.1. The first-order valence-electron chi connectivity index (χ1n) is 4.13. The summed E-state index contributed by atoms with van der Waals surface area (Å²) < 4.78 is 9.07. The van der Waals surface area contributed by atoms with Crippen molar-refractivity contribution in [1.82, 2.24) is 0 Å². The van der Waals surface area contributed by atoms with Gasteiger partial charge in [-0.15, -0.1) is 0 Å². The maximum absolute atomic E-state index is 2.54. The van der Waals surface area contributed by atoms with E-state index in [1.165, 1.54) is 11.5 Å². The first kappa shape index (κ1) is 12.7. The monoisotopic (exact) mass is 612 g/mol. The van der Waals surface area contributed by atoms with Crippen LogP contribution in [-0.4, -0.2) is 71.3 Å². The van der Waals surface area contributed by atoms with Gasteiger partial charge in [-0.25, -0.2) is 0 Å². The SMILES string of the molecule is IC1=C[Se]C(=C2[Se]C3=C(SCCS3)[Se]2)[Se]1. The summed E-state index contributed by atoms with van der Waals surface area (Å²) in [6.45, 7) is 0. The Morgan fingerprint density at radius 1 is 1.00 bits per heavy atom. The number of hydrogen-bond donors (Lipinski definition) is 0. The molecule has 0 fully saturated rings. The molecule has 0 aromatic rings. The minimum absolute atomic E-state index is 0.735. The van der Waals surface area contributed by atoms with Gasteiger partial charge in [-0.3, -0.25) is 0 Å². The van der Waals surface area contributed by atoms with Crippen LogP contribution in [0.2, 0.25) is 0 Å². The molecule has 0 nitrogen and oxygen atoms in total. The third kappa shape index (κ3) is 3.01. The van der Waals surface area contributed by atoms with Gasteiger partial charge >= 0.3 is 139 Å². The molecule has 0 aromatic carbocycles. The predicted molar refractivity (Wildman–Crippen MR) is 84.1 cm³/mol. The topological polar surface area (TPSA) is 0 Å². The summed E-state index contributed by atoms with van der Waals surface area (Å²) in [5.74, 6) is 2.71. The second kappa shape index (κ2) is 5.79. The van der Waals surface area contributed by atoms with E-state index in [1.54, 1.807) is 10.1 Å². The van der Waals surface area contributed by atoms with Gasteiger partial charge in [-0.05, 0) is 0 Å². The van der Waals surface area contributed by atoms with Crippen molar-refractivity contribution in [3.8, 4) is 0 Å². The molecule has 0 amide bonds. The fourth-order valence-electron chi connectivity index (χ4n) is 1.13. The van der Waals surface area contributed by atoms with Gasteiger partial charge in [0.25, 0.3) is 0 Å². The van der Waals surface area contributed by atoms with Crippen molar-refractivity contribution in [2.75, 3.05) is 11.5 Å². The Kier molecular flexibility index (Phi) is 4.92. The van der Waals surface area contributed by atoms with E-state index in [0.29, 0.717) is 0 Å². The van der Waals surface area contributed by atoms with Crippen molar-refractivity contribution in [2.45, 2.75) is 0 Å². The van der Waals surface area contributed by atoms with E-state index in [0.717, 1.165) is 59.8 Å². The quantitative estimate of drug-likeness (QED) is 0.305. The summed E-state index contributed by atoms with van der Waals surface area (Å²) >= 11 is 9.83. The zero-order valence-corrected chi connectivity index (χ0v) is 18.0. The molecule has 0 radical (unpaired) electrons. The Bertz CT molecular complexity index is 381. The average Bonchev–Trinajstić information content (AvgIpc) is 2.82. The number of rotatable bonds is 0. The van der Waals surface area contributed by atoms with E-state index in [9.17, 15) is 0 Å². The van der Waals surface area contributed by atoms with Crippen LogP contribution >= 0.6 is 46.1 Å². The van der Waals surface area contributed by atoms with E-state index < -0.39 is 0 Å². The van der Waals surface area contributed by atoms with Crippen LogP contribution in [0, 0.1) is 0 Å². The van der Waals surface area contributed by atoms with Gasteiger partial charge in [0, 0.05) is 0 Å². The van der Waals surface area contributed by atoms with Gasteiger partial charge in [-0.2, -0.15) is 0 Å². The van der Waals surface area contributed by atoms with Crippen LogP contribution in [0.5, 0.6) is 0 Å². The first-order valence-corrected chi connectivity index (χ1v) is 14.2. The summed E-state index contributed by atoms with van der Waals surface area (Å²) in [4.78, 5) is 2.50. The summed E-state index contributed by atoms with van der Waals surface area (Å²) in [7, 11) is 0. The first-order chi connectivity index (χ1) is 7.33. The van der Waals surface area contributed by atoms with Gasteiger partial charge < -0.3 is 0 Å². The van der Waals surface area contributed by atoms with Gasteiger partial charge in [0.1, 0.15) is 0 Å². The molecule has 0 N–H and O–H groups in total. The van der Waals surface area contributed by atoms with E-state index in [4.69, 9.17) is 0 Å². The Balaban J connectivity index is 1.79. The van der Waals surface area contributed by atoms with Crippen LogP contribution in [-0.2, 0) is 0 Å². The molecule has 0 aliphatic carbocycles. The Labute approximate surface area is 137 Å². The van der Waals surface area contributed by atoms with Crippen molar-refractivity contribution in [2.24, 2.45) is 0 Å². The molecule has 0 spiro atoms. The summed E-state index contributed by atoms with van der Waals surface area (Å²) in [5, 5.41) is 0. The van der Waals surface area contributed by atoms with E-state index in [2.05, 4.69) is 51.1 Å². The number of hydrogen-bond acceptors (Lipinski definition) is 2. The van der Waals surface area contributed by atoms with Crippen molar-refractivity contribution in [3.63, 3.8) is 0 Å². The molecule has 3 aliphatic heterocycles. The molecule has 7 heteroatoms. The third-order valence-electron chi connectivity index (χ3n) is 1.70. The molecular weight excluding hydrogens is 603 g/mol. The van der Waals surface area contributed by atoms with Crippen LogP contribution < -0.4 is 0 Å². The number of thioether (sulfide) groups is 2. The molecule has 0 atom stereocenters. The van der Waals surface area contributed by atoms with Crippen molar-refractivity contribution in [3.05, 3.63) is 21.8 Å². The van der Waals surface area contributed by atoms with Crippen LogP contribution in [0.15, 0.2) is 21.8 Å². The summed E-state index contributed by atoms with van der Waals surface area (Å²) in [6.07, 6.45) is 0.